The fourth-order valence-corrected chi connectivity index (χ4v) is 3.47. The summed E-state index contributed by atoms with van der Waals surface area (Å²) in [6.07, 6.45) is 8.17. The number of carbonyl (C=O) groups excluding carboxylic acids is 1. The van der Waals surface area contributed by atoms with Crippen molar-refractivity contribution >= 4 is 11.7 Å². The maximum atomic E-state index is 12.5. The maximum absolute atomic E-state index is 12.5. The number of nitrogens with zero attached hydrogens (tertiary/aromatic N) is 1. The van der Waals surface area contributed by atoms with E-state index < -0.39 is 0 Å². The number of hydrogen-bond acceptors (Lipinski definition) is 3. The minimum absolute atomic E-state index is 0.150. The highest BCUT2D eigenvalue weighted by atomic mass is 16.5. The molecular weight excluding hydrogens is 314 g/mol. The average Bonchev–Trinajstić information content (AvgIpc) is 3.48. The molecule has 0 radical (unpaired) electrons. The molecule has 2 atom stereocenters. The number of aromatic nitrogens is 1. The first kappa shape index (κ1) is 16.1. The van der Waals surface area contributed by atoms with Gasteiger partial charge in [-0.15, -0.1) is 0 Å². The summed E-state index contributed by atoms with van der Waals surface area (Å²) >= 11 is 0. The first-order valence-corrected chi connectivity index (χ1v) is 8.98. The Hall–Kier alpha value is -2.40. The lowest BCUT2D eigenvalue weighted by atomic mass is 10.0. The molecule has 1 aromatic carbocycles. The molecule has 2 aliphatic rings. The highest BCUT2D eigenvalue weighted by Gasteiger charge is 2.36. The number of pyridine rings is 1. The molecule has 1 aromatic heterocycles. The van der Waals surface area contributed by atoms with Crippen LogP contribution in [-0.4, -0.2) is 29.8 Å². The maximum Gasteiger partial charge on any atom is 0.319 e. The fourth-order valence-electron chi connectivity index (χ4n) is 3.47. The molecule has 2 aromatic rings. The Labute approximate surface area is 147 Å². The van der Waals surface area contributed by atoms with Crippen LogP contribution in [0.1, 0.15) is 25.7 Å². The third-order valence-electron chi connectivity index (χ3n) is 4.96. The largest absolute Gasteiger partial charge is 0.378 e. The summed E-state index contributed by atoms with van der Waals surface area (Å²) in [5.41, 5.74) is 2.82. The summed E-state index contributed by atoms with van der Waals surface area (Å²) in [6.45, 7) is 0.736. The van der Waals surface area contributed by atoms with Crippen LogP contribution in [0, 0.1) is 5.92 Å². The summed E-state index contributed by atoms with van der Waals surface area (Å²) < 4.78 is 5.83. The molecule has 25 heavy (non-hydrogen) atoms. The van der Waals surface area contributed by atoms with E-state index in [-0.39, 0.29) is 12.1 Å². The lowest BCUT2D eigenvalue weighted by Gasteiger charge is -2.30. The van der Waals surface area contributed by atoms with Gasteiger partial charge in [-0.2, -0.15) is 0 Å². The van der Waals surface area contributed by atoms with Gasteiger partial charge in [0.15, 0.2) is 0 Å². The van der Waals surface area contributed by atoms with Crippen molar-refractivity contribution in [1.82, 2.24) is 10.3 Å². The molecule has 1 aliphatic heterocycles. The molecule has 0 bridgehead atoms. The Morgan fingerprint density at radius 1 is 1.08 bits per heavy atom. The Balaban J connectivity index is 1.41. The van der Waals surface area contributed by atoms with Gasteiger partial charge in [0.2, 0.25) is 0 Å². The SMILES string of the molecule is O=C(Nc1ccccc1-c1ccncc1)N[C@H]1CCO[C@H](C2CC2)C1. The van der Waals surface area contributed by atoms with Gasteiger partial charge in [-0.3, -0.25) is 4.98 Å². The highest BCUT2D eigenvalue weighted by Crippen LogP contribution is 2.38. The number of para-hydroxylation sites is 1. The number of anilines is 1. The van der Waals surface area contributed by atoms with Crippen LogP contribution in [0.25, 0.3) is 11.1 Å². The fraction of sp³-hybridized carbons (Fsp3) is 0.400. The third kappa shape index (κ3) is 3.99. The van der Waals surface area contributed by atoms with Crippen molar-refractivity contribution in [3.05, 3.63) is 48.8 Å². The van der Waals surface area contributed by atoms with Crippen LogP contribution in [0.15, 0.2) is 48.8 Å². The number of urea groups is 1. The minimum Gasteiger partial charge on any atom is -0.378 e. The Bertz CT molecular complexity index is 731. The predicted octanol–water partition coefficient (Wildman–Crippen LogP) is 3.83. The topological polar surface area (TPSA) is 63.2 Å². The molecule has 2 amide bonds. The second kappa shape index (κ2) is 7.23. The van der Waals surface area contributed by atoms with Gasteiger partial charge in [0.25, 0.3) is 0 Å². The number of ether oxygens (including phenoxy) is 1. The van der Waals surface area contributed by atoms with Gasteiger partial charge in [-0.25, -0.2) is 4.79 Å². The lowest BCUT2D eigenvalue weighted by Crippen LogP contribution is -2.44. The van der Waals surface area contributed by atoms with Crippen molar-refractivity contribution in [2.75, 3.05) is 11.9 Å². The second-order valence-corrected chi connectivity index (χ2v) is 6.85. The minimum atomic E-state index is -0.150. The molecular formula is C20H23N3O2. The molecule has 0 unspecified atom stereocenters. The van der Waals surface area contributed by atoms with E-state index in [4.69, 9.17) is 4.74 Å². The molecule has 5 nitrogen and oxygen atoms in total. The number of nitrogens with one attached hydrogen (secondary N) is 2. The molecule has 0 spiro atoms. The van der Waals surface area contributed by atoms with Crippen molar-refractivity contribution < 1.29 is 9.53 Å². The van der Waals surface area contributed by atoms with Gasteiger partial charge in [-0.05, 0) is 55.4 Å². The molecule has 2 fully saturated rings. The van der Waals surface area contributed by atoms with Gasteiger partial charge < -0.3 is 15.4 Å². The van der Waals surface area contributed by atoms with E-state index in [1.54, 1.807) is 12.4 Å². The van der Waals surface area contributed by atoms with Gasteiger partial charge in [0.1, 0.15) is 0 Å². The van der Waals surface area contributed by atoms with Crippen LogP contribution in [0.5, 0.6) is 0 Å². The molecule has 1 saturated carbocycles. The molecule has 1 aliphatic carbocycles. The van der Waals surface area contributed by atoms with Gasteiger partial charge >= 0.3 is 6.03 Å². The van der Waals surface area contributed by atoms with Crippen LogP contribution in [0.4, 0.5) is 10.5 Å². The summed E-state index contributed by atoms with van der Waals surface area (Å²) in [5.74, 6) is 0.708. The number of carbonyl (C=O) groups is 1. The van der Waals surface area contributed by atoms with E-state index in [9.17, 15) is 4.79 Å². The van der Waals surface area contributed by atoms with Crippen LogP contribution in [0.3, 0.4) is 0 Å². The third-order valence-corrected chi connectivity index (χ3v) is 4.96. The Kier molecular flexibility index (Phi) is 4.65. The van der Waals surface area contributed by atoms with E-state index in [1.165, 1.54) is 12.8 Å². The van der Waals surface area contributed by atoms with E-state index >= 15 is 0 Å². The standard InChI is InChI=1S/C20H23N3O2/c24-20(22-16-9-12-25-19(13-16)15-5-6-15)23-18-4-2-1-3-17(18)14-7-10-21-11-8-14/h1-4,7-8,10-11,15-16,19H,5-6,9,12-13H2,(H2,22,23,24)/t16-,19-/m0/s1. The van der Waals surface area contributed by atoms with Crippen LogP contribution in [-0.2, 0) is 4.74 Å². The van der Waals surface area contributed by atoms with Crippen molar-refractivity contribution in [2.24, 2.45) is 5.92 Å². The second-order valence-electron chi connectivity index (χ2n) is 6.85. The van der Waals surface area contributed by atoms with Crippen molar-refractivity contribution in [1.29, 1.82) is 0 Å². The summed E-state index contributed by atoms with van der Waals surface area (Å²) in [4.78, 5) is 16.5. The zero-order valence-corrected chi connectivity index (χ0v) is 14.2. The van der Waals surface area contributed by atoms with Crippen molar-refractivity contribution in [3.8, 4) is 11.1 Å². The molecule has 5 heteroatoms. The first-order chi connectivity index (χ1) is 12.3. The van der Waals surface area contributed by atoms with Crippen molar-refractivity contribution in [3.63, 3.8) is 0 Å². The highest BCUT2D eigenvalue weighted by molar-refractivity contribution is 5.94. The molecule has 2 heterocycles. The number of amides is 2. The molecule has 4 rings (SSSR count). The van der Waals surface area contributed by atoms with Crippen LogP contribution in [0.2, 0.25) is 0 Å². The monoisotopic (exact) mass is 337 g/mol. The van der Waals surface area contributed by atoms with Crippen molar-refractivity contribution in [2.45, 2.75) is 37.8 Å². The Morgan fingerprint density at radius 2 is 1.88 bits per heavy atom. The van der Waals surface area contributed by atoms with Gasteiger partial charge in [-0.1, -0.05) is 18.2 Å². The number of hydrogen-bond donors (Lipinski definition) is 2. The lowest BCUT2D eigenvalue weighted by molar-refractivity contribution is -0.00889. The number of benzene rings is 1. The Morgan fingerprint density at radius 3 is 2.68 bits per heavy atom. The summed E-state index contributed by atoms with van der Waals surface area (Å²) in [7, 11) is 0. The molecule has 1 saturated heterocycles. The number of rotatable bonds is 4. The zero-order chi connectivity index (χ0) is 17.1. The summed E-state index contributed by atoms with van der Waals surface area (Å²) in [5, 5.41) is 6.12. The van der Waals surface area contributed by atoms with Crippen LogP contribution < -0.4 is 10.6 Å². The van der Waals surface area contributed by atoms with E-state index in [2.05, 4.69) is 15.6 Å². The van der Waals surface area contributed by atoms with Gasteiger partial charge in [0.05, 0.1) is 11.8 Å². The van der Waals surface area contributed by atoms with E-state index in [0.717, 1.165) is 36.3 Å². The smallest absolute Gasteiger partial charge is 0.319 e. The normalized spacial score (nSPS) is 23.0. The van der Waals surface area contributed by atoms with Crippen LogP contribution >= 0.6 is 0 Å². The quantitative estimate of drug-likeness (QED) is 0.891. The molecule has 130 valence electrons. The average molecular weight is 337 g/mol. The first-order valence-electron chi connectivity index (χ1n) is 8.98. The van der Waals surface area contributed by atoms with Gasteiger partial charge in [0, 0.05) is 30.6 Å². The predicted molar refractivity (Wildman–Crippen MR) is 97.3 cm³/mol. The zero-order valence-electron chi connectivity index (χ0n) is 14.2. The van der Waals surface area contributed by atoms with E-state index in [0.29, 0.717) is 12.0 Å². The summed E-state index contributed by atoms with van der Waals surface area (Å²) in [6, 6.07) is 11.7. The molecule has 2 N–H and O–H groups in total. The van der Waals surface area contributed by atoms with E-state index in [1.807, 2.05) is 36.4 Å².